The third kappa shape index (κ3) is 3.61. The lowest BCUT2D eigenvalue weighted by Gasteiger charge is -2.34. The molecule has 0 spiro atoms. The number of nitrogens with zero attached hydrogens (tertiary/aromatic N) is 5. The number of methoxy groups -OCH3 is 1. The molecule has 0 N–H and O–H groups in total. The van der Waals surface area contributed by atoms with Crippen molar-refractivity contribution in [3.8, 4) is 11.6 Å². The van der Waals surface area contributed by atoms with Crippen LogP contribution in [-0.2, 0) is 7.05 Å². The first-order valence-corrected chi connectivity index (χ1v) is 9.46. The minimum absolute atomic E-state index is 0.0505. The molecule has 0 aliphatic carbocycles. The van der Waals surface area contributed by atoms with E-state index in [1.54, 1.807) is 46.0 Å². The normalized spacial score (nSPS) is 14.1. The van der Waals surface area contributed by atoms with Gasteiger partial charge in [0.25, 0.3) is 11.8 Å². The zero-order valence-electron chi connectivity index (χ0n) is 16.5. The van der Waals surface area contributed by atoms with E-state index in [0.29, 0.717) is 43.1 Å². The van der Waals surface area contributed by atoms with Crippen LogP contribution >= 0.6 is 0 Å². The molecule has 150 valence electrons. The third-order valence-corrected chi connectivity index (χ3v) is 5.16. The van der Waals surface area contributed by atoms with Crippen molar-refractivity contribution < 1.29 is 14.3 Å². The van der Waals surface area contributed by atoms with Crippen LogP contribution < -0.4 is 4.74 Å². The summed E-state index contributed by atoms with van der Waals surface area (Å²) in [5.74, 6) is 1.26. The van der Waals surface area contributed by atoms with Gasteiger partial charge >= 0.3 is 0 Å². The lowest BCUT2D eigenvalue weighted by molar-refractivity contribution is 0.0535. The van der Waals surface area contributed by atoms with Crippen LogP contribution in [0.1, 0.15) is 20.7 Å². The van der Waals surface area contributed by atoms with E-state index in [-0.39, 0.29) is 11.8 Å². The van der Waals surface area contributed by atoms with Gasteiger partial charge in [-0.15, -0.1) is 0 Å². The molecule has 8 heteroatoms. The molecule has 3 heterocycles. The Morgan fingerprint density at radius 3 is 2.28 bits per heavy atom. The Bertz CT molecular complexity index is 1020. The van der Waals surface area contributed by atoms with E-state index in [4.69, 9.17) is 4.74 Å². The Hall–Kier alpha value is -3.55. The van der Waals surface area contributed by atoms with Gasteiger partial charge in [-0.25, -0.2) is 0 Å². The molecule has 1 aliphatic heterocycles. The number of aromatic nitrogens is 3. The second-order valence-corrected chi connectivity index (χ2v) is 6.91. The minimum Gasteiger partial charge on any atom is -0.497 e. The molecular weight excluding hydrogens is 370 g/mol. The predicted octanol–water partition coefficient (Wildman–Crippen LogP) is 1.82. The van der Waals surface area contributed by atoms with E-state index in [1.165, 1.54) is 0 Å². The zero-order valence-corrected chi connectivity index (χ0v) is 16.5. The summed E-state index contributed by atoms with van der Waals surface area (Å²) >= 11 is 0. The van der Waals surface area contributed by atoms with E-state index < -0.39 is 0 Å². The Morgan fingerprint density at radius 1 is 0.966 bits per heavy atom. The van der Waals surface area contributed by atoms with Crippen LogP contribution in [-0.4, -0.2) is 69.3 Å². The summed E-state index contributed by atoms with van der Waals surface area (Å²) in [7, 11) is 3.39. The van der Waals surface area contributed by atoms with Crippen molar-refractivity contribution in [3.05, 3.63) is 66.1 Å². The first kappa shape index (κ1) is 18.8. The first-order chi connectivity index (χ1) is 14.1. The quantitative estimate of drug-likeness (QED) is 0.678. The van der Waals surface area contributed by atoms with Gasteiger partial charge in [-0.1, -0.05) is 6.07 Å². The van der Waals surface area contributed by atoms with E-state index in [2.05, 4.69) is 5.10 Å². The number of benzene rings is 1. The van der Waals surface area contributed by atoms with Gasteiger partial charge in [-0.2, -0.15) is 5.10 Å². The van der Waals surface area contributed by atoms with E-state index in [1.807, 2.05) is 42.2 Å². The highest BCUT2D eigenvalue weighted by Gasteiger charge is 2.28. The Morgan fingerprint density at radius 2 is 1.62 bits per heavy atom. The number of piperazine rings is 1. The molecule has 1 fully saturated rings. The van der Waals surface area contributed by atoms with Crippen LogP contribution in [0.15, 0.2) is 55.0 Å². The number of ether oxygens (including phenoxy) is 1. The molecule has 29 heavy (non-hydrogen) atoms. The van der Waals surface area contributed by atoms with E-state index >= 15 is 0 Å². The fourth-order valence-electron chi connectivity index (χ4n) is 3.59. The topological polar surface area (TPSA) is 72.6 Å². The standard InChI is InChI=1S/C21H23N5O3/c1-23-19(24-8-3-4-9-24)18(15-22-23)21(28)26-12-10-25(11-13-26)20(27)16-6-5-7-17(14-16)29-2/h3-9,14-15H,10-13H2,1-2H3. The van der Waals surface area contributed by atoms with Crippen LogP contribution in [0, 0.1) is 0 Å². The maximum absolute atomic E-state index is 13.1. The molecule has 4 rings (SSSR count). The van der Waals surface area contributed by atoms with Gasteiger partial charge in [0.05, 0.1) is 13.3 Å². The number of carbonyl (C=O) groups is 2. The monoisotopic (exact) mass is 393 g/mol. The fraction of sp³-hybridized carbons (Fsp3) is 0.286. The van der Waals surface area contributed by atoms with Gasteiger partial charge in [0, 0.05) is 51.2 Å². The van der Waals surface area contributed by atoms with Crippen molar-refractivity contribution in [1.82, 2.24) is 24.1 Å². The molecule has 1 aliphatic rings. The molecule has 8 nitrogen and oxygen atoms in total. The molecule has 0 bridgehead atoms. The molecule has 2 amide bonds. The first-order valence-electron chi connectivity index (χ1n) is 9.46. The lowest BCUT2D eigenvalue weighted by atomic mass is 10.1. The van der Waals surface area contributed by atoms with Gasteiger partial charge in [-0.05, 0) is 30.3 Å². The van der Waals surface area contributed by atoms with Crippen LogP contribution in [0.4, 0.5) is 0 Å². The number of aryl methyl sites for hydroxylation is 1. The molecule has 0 atom stereocenters. The Balaban J connectivity index is 1.45. The van der Waals surface area contributed by atoms with Crippen LogP contribution in [0.2, 0.25) is 0 Å². The van der Waals surface area contributed by atoms with Crippen LogP contribution in [0.3, 0.4) is 0 Å². The number of hydrogen-bond donors (Lipinski definition) is 0. The maximum Gasteiger partial charge on any atom is 0.259 e. The highest BCUT2D eigenvalue weighted by atomic mass is 16.5. The third-order valence-electron chi connectivity index (χ3n) is 5.16. The highest BCUT2D eigenvalue weighted by Crippen LogP contribution is 2.19. The smallest absolute Gasteiger partial charge is 0.259 e. The van der Waals surface area contributed by atoms with Crippen molar-refractivity contribution in [2.75, 3.05) is 33.3 Å². The Labute approximate surface area is 168 Å². The molecule has 1 saturated heterocycles. The van der Waals surface area contributed by atoms with Crippen molar-refractivity contribution in [2.24, 2.45) is 7.05 Å². The van der Waals surface area contributed by atoms with Crippen molar-refractivity contribution in [1.29, 1.82) is 0 Å². The molecule has 1 aromatic carbocycles. The molecule has 0 unspecified atom stereocenters. The van der Waals surface area contributed by atoms with Crippen LogP contribution in [0.25, 0.3) is 5.82 Å². The lowest BCUT2D eigenvalue weighted by Crippen LogP contribution is -2.50. The molecule has 2 aromatic heterocycles. The van der Waals surface area contributed by atoms with Gasteiger partial charge < -0.3 is 19.1 Å². The number of rotatable bonds is 4. The average Bonchev–Trinajstić information content (AvgIpc) is 3.42. The summed E-state index contributed by atoms with van der Waals surface area (Å²) in [6, 6.07) is 10.9. The van der Waals surface area contributed by atoms with Crippen molar-refractivity contribution in [3.63, 3.8) is 0 Å². The summed E-state index contributed by atoms with van der Waals surface area (Å²) in [4.78, 5) is 29.4. The van der Waals surface area contributed by atoms with Gasteiger partial charge in [0.15, 0.2) is 0 Å². The van der Waals surface area contributed by atoms with Crippen molar-refractivity contribution >= 4 is 11.8 Å². The molecular formula is C21H23N5O3. The van der Waals surface area contributed by atoms with E-state index in [0.717, 1.165) is 5.82 Å². The second-order valence-electron chi connectivity index (χ2n) is 6.91. The average molecular weight is 393 g/mol. The summed E-state index contributed by atoms with van der Waals surface area (Å²) in [5.41, 5.74) is 1.14. The van der Waals surface area contributed by atoms with Crippen molar-refractivity contribution in [2.45, 2.75) is 0 Å². The van der Waals surface area contributed by atoms with Gasteiger partial charge in [0.2, 0.25) is 0 Å². The highest BCUT2D eigenvalue weighted by molar-refractivity contribution is 5.98. The maximum atomic E-state index is 13.1. The van der Waals surface area contributed by atoms with E-state index in [9.17, 15) is 9.59 Å². The fourth-order valence-corrected chi connectivity index (χ4v) is 3.59. The number of amides is 2. The second kappa shape index (κ2) is 7.83. The summed E-state index contributed by atoms with van der Waals surface area (Å²) in [6.45, 7) is 1.94. The number of carbonyl (C=O) groups excluding carboxylic acids is 2. The number of hydrogen-bond acceptors (Lipinski definition) is 4. The summed E-state index contributed by atoms with van der Waals surface area (Å²) in [5, 5.41) is 4.26. The largest absolute Gasteiger partial charge is 0.497 e. The van der Waals surface area contributed by atoms with Gasteiger partial charge in [0.1, 0.15) is 17.1 Å². The SMILES string of the molecule is COc1cccc(C(=O)N2CCN(C(=O)c3cnn(C)c3-n3cccc3)CC2)c1. The predicted molar refractivity (Wildman–Crippen MR) is 107 cm³/mol. The Kier molecular flexibility index (Phi) is 5.07. The molecule has 0 radical (unpaired) electrons. The summed E-state index contributed by atoms with van der Waals surface area (Å²) in [6.07, 6.45) is 5.38. The molecule has 0 saturated carbocycles. The van der Waals surface area contributed by atoms with Gasteiger partial charge in [-0.3, -0.25) is 14.3 Å². The molecule has 3 aromatic rings. The van der Waals surface area contributed by atoms with Crippen LogP contribution in [0.5, 0.6) is 5.75 Å². The summed E-state index contributed by atoms with van der Waals surface area (Å²) < 4.78 is 8.77. The minimum atomic E-state index is -0.0738. The zero-order chi connectivity index (χ0) is 20.4.